The van der Waals surface area contributed by atoms with E-state index in [9.17, 15) is 4.79 Å². The highest BCUT2D eigenvalue weighted by atomic mass is 16.1. The van der Waals surface area contributed by atoms with Crippen LogP contribution in [0.4, 0.5) is 0 Å². The first-order valence-electron chi connectivity index (χ1n) is 5.71. The van der Waals surface area contributed by atoms with Crippen LogP contribution in [0, 0.1) is 6.92 Å². The number of rotatable bonds is 4. The molecule has 17 heavy (non-hydrogen) atoms. The van der Waals surface area contributed by atoms with Crippen LogP contribution >= 0.6 is 0 Å². The van der Waals surface area contributed by atoms with Gasteiger partial charge in [-0.1, -0.05) is 30.3 Å². The second-order valence-electron chi connectivity index (χ2n) is 4.18. The average Bonchev–Trinajstić information content (AvgIpc) is 2.33. The Morgan fingerprint density at radius 1 is 1.12 bits per heavy atom. The normalized spacial score (nSPS) is 10.2. The van der Waals surface area contributed by atoms with Gasteiger partial charge in [0, 0.05) is 25.2 Å². The van der Waals surface area contributed by atoms with Crippen molar-refractivity contribution in [3.05, 3.63) is 65.5 Å². The third-order valence-corrected chi connectivity index (χ3v) is 2.77. The van der Waals surface area contributed by atoms with Crippen LogP contribution in [-0.2, 0) is 17.6 Å². The third-order valence-electron chi connectivity index (χ3n) is 2.77. The van der Waals surface area contributed by atoms with Crippen molar-refractivity contribution in [3.8, 4) is 0 Å². The third kappa shape index (κ3) is 3.25. The Balaban J connectivity index is 2.01. The number of carbonyl (C=O) groups excluding carboxylic acids is 1. The summed E-state index contributed by atoms with van der Waals surface area (Å²) in [6.07, 6.45) is 4.43. The minimum absolute atomic E-state index is 0.229. The van der Waals surface area contributed by atoms with Gasteiger partial charge in [0.1, 0.15) is 5.78 Å². The summed E-state index contributed by atoms with van der Waals surface area (Å²) >= 11 is 0. The number of Topliss-reactive ketones (excluding diaryl/α,β-unsaturated/α-hetero) is 1. The van der Waals surface area contributed by atoms with Crippen LogP contribution in [0.5, 0.6) is 0 Å². The van der Waals surface area contributed by atoms with E-state index in [2.05, 4.69) is 4.98 Å². The molecule has 1 heterocycles. The molecule has 0 aliphatic rings. The quantitative estimate of drug-likeness (QED) is 0.800. The van der Waals surface area contributed by atoms with E-state index in [0.717, 1.165) is 11.1 Å². The number of hydrogen-bond donors (Lipinski definition) is 0. The second kappa shape index (κ2) is 5.39. The highest BCUT2D eigenvalue weighted by molar-refractivity contribution is 5.83. The number of carbonyl (C=O) groups is 1. The zero-order valence-corrected chi connectivity index (χ0v) is 9.89. The molecule has 0 aliphatic heterocycles. The van der Waals surface area contributed by atoms with E-state index < -0.39 is 0 Å². The molecule has 0 unspecified atom stereocenters. The first-order valence-corrected chi connectivity index (χ1v) is 5.71. The van der Waals surface area contributed by atoms with Gasteiger partial charge < -0.3 is 0 Å². The van der Waals surface area contributed by atoms with E-state index in [-0.39, 0.29) is 5.78 Å². The van der Waals surface area contributed by atoms with Crippen LogP contribution in [0.15, 0.2) is 48.8 Å². The average molecular weight is 225 g/mol. The van der Waals surface area contributed by atoms with Crippen molar-refractivity contribution >= 4 is 5.78 Å². The zero-order valence-electron chi connectivity index (χ0n) is 9.89. The van der Waals surface area contributed by atoms with Crippen molar-refractivity contribution in [3.63, 3.8) is 0 Å². The van der Waals surface area contributed by atoms with Crippen molar-refractivity contribution < 1.29 is 4.79 Å². The Morgan fingerprint density at radius 3 is 2.65 bits per heavy atom. The fourth-order valence-electron chi connectivity index (χ4n) is 1.81. The van der Waals surface area contributed by atoms with Crippen molar-refractivity contribution in [1.82, 2.24) is 4.98 Å². The van der Waals surface area contributed by atoms with Gasteiger partial charge in [-0.15, -0.1) is 0 Å². The summed E-state index contributed by atoms with van der Waals surface area (Å²) in [7, 11) is 0. The molecule has 2 aromatic rings. The lowest BCUT2D eigenvalue weighted by atomic mass is 10.0. The minimum atomic E-state index is 0.229. The van der Waals surface area contributed by atoms with Crippen LogP contribution in [0.2, 0.25) is 0 Å². The topological polar surface area (TPSA) is 30.0 Å². The number of benzene rings is 1. The Labute approximate surface area is 101 Å². The lowest BCUT2D eigenvalue weighted by Crippen LogP contribution is -2.07. The molecule has 2 rings (SSSR count). The summed E-state index contributed by atoms with van der Waals surface area (Å²) in [6, 6.07) is 11.8. The van der Waals surface area contributed by atoms with E-state index in [1.807, 2.05) is 43.3 Å². The molecule has 0 spiro atoms. The van der Waals surface area contributed by atoms with Gasteiger partial charge >= 0.3 is 0 Å². The largest absolute Gasteiger partial charge is 0.299 e. The molecule has 0 saturated heterocycles. The zero-order chi connectivity index (χ0) is 12.1. The fourth-order valence-corrected chi connectivity index (χ4v) is 1.81. The summed E-state index contributed by atoms with van der Waals surface area (Å²) in [5, 5.41) is 0. The van der Waals surface area contributed by atoms with Gasteiger partial charge in [-0.05, 0) is 29.7 Å². The summed E-state index contributed by atoms with van der Waals surface area (Å²) in [5.74, 6) is 0.229. The lowest BCUT2D eigenvalue weighted by molar-refractivity contribution is -0.117. The van der Waals surface area contributed by atoms with Crippen LogP contribution in [0.1, 0.15) is 16.7 Å². The molecule has 0 N–H and O–H groups in total. The predicted octanol–water partition coefficient (Wildman–Crippen LogP) is 2.74. The van der Waals surface area contributed by atoms with Gasteiger partial charge in [0.25, 0.3) is 0 Å². The van der Waals surface area contributed by atoms with Gasteiger partial charge in [-0.3, -0.25) is 9.78 Å². The Bertz CT molecular complexity index is 505. The smallest absolute Gasteiger partial charge is 0.141 e. The molecule has 1 aromatic carbocycles. The van der Waals surface area contributed by atoms with Crippen LogP contribution in [-0.4, -0.2) is 10.8 Å². The first kappa shape index (κ1) is 11.5. The molecule has 2 heteroatoms. The van der Waals surface area contributed by atoms with E-state index in [1.54, 1.807) is 12.4 Å². The fraction of sp³-hybridized carbons (Fsp3) is 0.200. The lowest BCUT2D eigenvalue weighted by Gasteiger charge is -2.04. The van der Waals surface area contributed by atoms with Gasteiger partial charge in [-0.25, -0.2) is 0 Å². The second-order valence-corrected chi connectivity index (χ2v) is 4.18. The number of nitrogens with zero attached hydrogens (tertiary/aromatic N) is 1. The van der Waals surface area contributed by atoms with Crippen LogP contribution in [0.3, 0.4) is 0 Å². The number of pyridine rings is 1. The molecule has 86 valence electrons. The molecular weight excluding hydrogens is 210 g/mol. The van der Waals surface area contributed by atoms with Crippen LogP contribution < -0.4 is 0 Å². The standard InChI is InChI=1S/C15H15NO/c1-12-5-2-3-7-14(12)10-15(17)9-13-6-4-8-16-11-13/h2-8,11H,9-10H2,1H3. The summed E-state index contributed by atoms with van der Waals surface area (Å²) in [5.41, 5.74) is 3.26. The number of aryl methyl sites for hydroxylation is 1. The van der Waals surface area contributed by atoms with Gasteiger partial charge in [0.2, 0.25) is 0 Å². The van der Waals surface area contributed by atoms with E-state index >= 15 is 0 Å². The summed E-state index contributed by atoms with van der Waals surface area (Å²) < 4.78 is 0. The molecule has 0 bridgehead atoms. The van der Waals surface area contributed by atoms with Crippen molar-refractivity contribution in [2.75, 3.05) is 0 Å². The van der Waals surface area contributed by atoms with E-state index in [0.29, 0.717) is 12.8 Å². The van der Waals surface area contributed by atoms with Crippen molar-refractivity contribution in [2.24, 2.45) is 0 Å². The molecule has 0 aliphatic carbocycles. The molecule has 2 nitrogen and oxygen atoms in total. The SMILES string of the molecule is Cc1ccccc1CC(=O)Cc1cccnc1. The molecule has 0 atom stereocenters. The Morgan fingerprint density at radius 2 is 1.94 bits per heavy atom. The molecule has 0 amide bonds. The first-order chi connectivity index (χ1) is 8.25. The highest BCUT2D eigenvalue weighted by Crippen LogP contribution is 2.09. The molecule has 1 aromatic heterocycles. The van der Waals surface area contributed by atoms with Gasteiger partial charge in [0.05, 0.1) is 0 Å². The molecule has 0 radical (unpaired) electrons. The monoisotopic (exact) mass is 225 g/mol. The van der Waals surface area contributed by atoms with Crippen LogP contribution in [0.25, 0.3) is 0 Å². The summed E-state index contributed by atoms with van der Waals surface area (Å²) in [6.45, 7) is 2.03. The van der Waals surface area contributed by atoms with Crippen molar-refractivity contribution in [2.45, 2.75) is 19.8 Å². The highest BCUT2D eigenvalue weighted by Gasteiger charge is 2.06. The predicted molar refractivity (Wildman–Crippen MR) is 67.8 cm³/mol. The maximum atomic E-state index is 11.9. The maximum Gasteiger partial charge on any atom is 0.141 e. The van der Waals surface area contributed by atoms with E-state index in [1.165, 1.54) is 5.56 Å². The number of aromatic nitrogens is 1. The van der Waals surface area contributed by atoms with Crippen molar-refractivity contribution in [1.29, 1.82) is 0 Å². The molecular formula is C15H15NO. The molecule has 0 fully saturated rings. The van der Waals surface area contributed by atoms with Gasteiger partial charge in [-0.2, -0.15) is 0 Å². The van der Waals surface area contributed by atoms with Gasteiger partial charge in [0.15, 0.2) is 0 Å². The van der Waals surface area contributed by atoms with E-state index in [4.69, 9.17) is 0 Å². The minimum Gasteiger partial charge on any atom is -0.299 e. The number of ketones is 1. The summed E-state index contributed by atoms with van der Waals surface area (Å²) in [4.78, 5) is 15.9. The Hall–Kier alpha value is -1.96. The number of hydrogen-bond acceptors (Lipinski definition) is 2. The maximum absolute atomic E-state index is 11.9. The Kier molecular flexibility index (Phi) is 3.66. The molecule has 0 saturated carbocycles.